The molecule has 3 N–H and O–H groups in total. The first-order chi connectivity index (χ1) is 8.02. The molecule has 0 aliphatic carbocycles. The molecule has 0 heterocycles. The van der Waals surface area contributed by atoms with Gasteiger partial charge in [-0.3, -0.25) is 4.79 Å². The summed E-state index contributed by atoms with van der Waals surface area (Å²) in [4.78, 5) is 11.7. The van der Waals surface area contributed by atoms with Gasteiger partial charge in [-0.05, 0) is 32.0 Å². The molecule has 0 spiro atoms. The number of rotatable bonds is 5. The van der Waals surface area contributed by atoms with Crippen molar-refractivity contribution in [3.63, 3.8) is 0 Å². The third kappa shape index (κ3) is 4.63. The number of amides is 1. The lowest BCUT2D eigenvalue weighted by Gasteiger charge is -2.17. The van der Waals surface area contributed by atoms with Gasteiger partial charge >= 0.3 is 0 Å². The van der Waals surface area contributed by atoms with Gasteiger partial charge in [-0.15, -0.1) is 0 Å². The number of carbonyl (C=O) groups is 1. The van der Waals surface area contributed by atoms with Gasteiger partial charge in [-0.1, -0.05) is 17.7 Å². The highest BCUT2D eigenvalue weighted by Gasteiger charge is 2.16. The SMILES string of the molecule is CC(Oc1cccc(Cl)c1)C(=O)N[C@H](C)CN. The summed E-state index contributed by atoms with van der Waals surface area (Å²) in [6.45, 7) is 3.92. The van der Waals surface area contributed by atoms with E-state index in [4.69, 9.17) is 22.1 Å². The molecule has 0 saturated heterocycles. The van der Waals surface area contributed by atoms with E-state index in [-0.39, 0.29) is 11.9 Å². The summed E-state index contributed by atoms with van der Waals surface area (Å²) < 4.78 is 5.47. The van der Waals surface area contributed by atoms with Crippen LogP contribution in [-0.2, 0) is 4.79 Å². The zero-order valence-corrected chi connectivity index (χ0v) is 10.7. The normalized spacial score (nSPS) is 13.9. The number of nitrogens with two attached hydrogens (primary N) is 1. The molecule has 0 aliphatic heterocycles. The van der Waals surface area contributed by atoms with Gasteiger partial charge < -0.3 is 15.8 Å². The average molecular weight is 257 g/mol. The molecule has 1 amide bonds. The summed E-state index contributed by atoms with van der Waals surface area (Å²) in [6, 6.07) is 6.87. The molecule has 0 aromatic heterocycles. The van der Waals surface area contributed by atoms with Gasteiger partial charge in [0.1, 0.15) is 5.75 Å². The Morgan fingerprint density at radius 1 is 1.53 bits per heavy atom. The third-order valence-corrected chi connectivity index (χ3v) is 2.46. The van der Waals surface area contributed by atoms with Crippen LogP contribution in [0.2, 0.25) is 5.02 Å². The van der Waals surface area contributed by atoms with E-state index < -0.39 is 6.10 Å². The maximum absolute atomic E-state index is 11.7. The molecule has 0 radical (unpaired) electrons. The Morgan fingerprint density at radius 2 is 2.24 bits per heavy atom. The van der Waals surface area contributed by atoms with Crippen LogP contribution in [0.4, 0.5) is 0 Å². The number of hydrogen-bond acceptors (Lipinski definition) is 3. The van der Waals surface area contributed by atoms with Gasteiger partial charge in [0.05, 0.1) is 0 Å². The lowest BCUT2D eigenvalue weighted by molar-refractivity contribution is -0.127. The Hall–Kier alpha value is -1.26. The molecular weight excluding hydrogens is 240 g/mol. The molecule has 94 valence electrons. The standard InChI is InChI=1S/C12H17ClN2O2/c1-8(7-14)15-12(16)9(2)17-11-5-3-4-10(13)6-11/h3-6,8-9H,7,14H2,1-2H3,(H,15,16)/t8-,9?/m1/s1. The lowest BCUT2D eigenvalue weighted by Crippen LogP contribution is -2.44. The zero-order valence-electron chi connectivity index (χ0n) is 9.94. The van der Waals surface area contributed by atoms with E-state index in [1.54, 1.807) is 31.2 Å². The van der Waals surface area contributed by atoms with E-state index >= 15 is 0 Å². The first-order valence-electron chi connectivity index (χ1n) is 5.45. The van der Waals surface area contributed by atoms with Gasteiger partial charge in [-0.25, -0.2) is 0 Å². The zero-order chi connectivity index (χ0) is 12.8. The molecule has 4 nitrogen and oxygen atoms in total. The number of nitrogens with one attached hydrogen (secondary N) is 1. The van der Waals surface area contributed by atoms with Crippen LogP contribution in [0.25, 0.3) is 0 Å². The Bertz CT molecular complexity index is 385. The van der Waals surface area contributed by atoms with Gasteiger partial charge in [0.15, 0.2) is 6.10 Å². The van der Waals surface area contributed by atoms with E-state index in [2.05, 4.69) is 5.32 Å². The number of carbonyl (C=O) groups excluding carboxylic acids is 1. The molecule has 1 aromatic rings. The second-order valence-electron chi connectivity index (χ2n) is 3.86. The van der Waals surface area contributed by atoms with Crippen molar-refractivity contribution in [2.24, 2.45) is 5.73 Å². The molecule has 0 fully saturated rings. The van der Waals surface area contributed by atoms with E-state index in [0.29, 0.717) is 17.3 Å². The highest BCUT2D eigenvalue weighted by Crippen LogP contribution is 2.18. The maximum Gasteiger partial charge on any atom is 0.261 e. The molecule has 1 unspecified atom stereocenters. The second-order valence-corrected chi connectivity index (χ2v) is 4.30. The van der Waals surface area contributed by atoms with E-state index in [1.165, 1.54) is 0 Å². The predicted octanol–water partition coefficient (Wildman–Crippen LogP) is 1.57. The molecule has 17 heavy (non-hydrogen) atoms. The Balaban J connectivity index is 2.54. The third-order valence-electron chi connectivity index (χ3n) is 2.22. The molecule has 1 aromatic carbocycles. The van der Waals surface area contributed by atoms with E-state index in [0.717, 1.165) is 0 Å². The average Bonchev–Trinajstić information content (AvgIpc) is 2.28. The van der Waals surface area contributed by atoms with E-state index in [9.17, 15) is 4.79 Å². The summed E-state index contributed by atoms with van der Waals surface area (Å²) >= 11 is 5.82. The fourth-order valence-corrected chi connectivity index (χ4v) is 1.40. The summed E-state index contributed by atoms with van der Waals surface area (Å²) in [5, 5.41) is 3.32. The summed E-state index contributed by atoms with van der Waals surface area (Å²) in [5.74, 6) is 0.378. The van der Waals surface area contributed by atoms with Crippen LogP contribution in [-0.4, -0.2) is 24.6 Å². The van der Waals surface area contributed by atoms with Crippen LogP contribution in [0.15, 0.2) is 24.3 Å². The topological polar surface area (TPSA) is 64.3 Å². The van der Waals surface area contributed by atoms with Crippen LogP contribution >= 0.6 is 11.6 Å². The smallest absolute Gasteiger partial charge is 0.261 e. The first kappa shape index (κ1) is 13.8. The predicted molar refractivity (Wildman–Crippen MR) is 68.2 cm³/mol. The number of benzene rings is 1. The van der Waals surface area contributed by atoms with Crippen molar-refractivity contribution in [2.75, 3.05) is 6.54 Å². The Kier molecular flexibility index (Phi) is 5.25. The molecule has 0 saturated carbocycles. The molecule has 2 atom stereocenters. The Labute approximate surface area is 106 Å². The quantitative estimate of drug-likeness (QED) is 0.841. The molecule has 0 aliphatic rings. The van der Waals surface area contributed by atoms with Crippen molar-refractivity contribution < 1.29 is 9.53 Å². The van der Waals surface area contributed by atoms with Crippen molar-refractivity contribution >= 4 is 17.5 Å². The second kappa shape index (κ2) is 6.47. The summed E-state index contributed by atoms with van der Waals surface area (Å²) in [5.41, 5.74) is 5.42. The maximum atomic E-state index is 11.7. The minimum atomic E-state index is -0.581. The highest BCUT2D eigenvalue weighted by atomic mass is 35.5. The summed E-state index contributed by atoms with van der Waals surface area (Å²) in [6.07, 6.45) is -0.581. The fourth-order valence-electron chi connectivity index (χ4n) is 1.22. The van der Waals surface area contributed by atoms with Gasteiger partial charge in [0, 0.05) is 17.6 Å². The van der Waals surface area contributed by atoms with Crippen molar-refractivity contribution in [3.8, 4) is 5.75 Å². The van der Waals surface area contributed by atoms with Crippen molar-refractivity contribution in [1.82, 2.24) is 5.32 Å². The lowest BCUT2D eigenvalue weighted by atomic mass is 10.3. The highest BCUT2D eigenvalue weighted by molar-refractivity contribution is 6.30. The van der Waals surface area contributed by atoms with Gasteiger partial charge in [0.25, 0.3) is 5.91 Å². The number of hydrogen-bond donors (Lipinski definition) is 2. The van der Waals surface area contributed by atoms with Crippen molar-refractivity contribution in [1.29, 1.82) is 0 Å². The monoisotopic (exact) mass is 256 g/mol. The van der Waals surface area contributed by atoms with Crippen molar-refractivity contribution in [2.45, 2.75) is 26.0 Å². The molecule has 0 bridgehead atoms. The molecular formula is C12H17ClN2O2. The minimum Gasteiger partial charge on any atom is -0.481 e. The van der Waals surface area contributed by atoms with Crippen molar-refractivity contribution in [3.05, 3.63) is 29.3 Å². The summed E-state index contributed by atoms with van der Waals surface area (Å²) in [7, 11) is 0. The number of halogens is 1. The minimum absolute atomic E-state index is 0.0621. The van der Waals surface area contributed by atoms with Crippen LogP contribution in [0.1, 0.15) is 13.8 Å². The largest absolute Gasteiger partial charge is 0.481 e. The Morgan fingerprint density at radius 3 is 2.82 bits per heavy atom. The van der Waals surface area contributed by atoms with Crippen LogP contribution in [0.5, 0.6) is 5.75 Å². The van der Waals surface area contributed by atoms with Crippen LogP contribution < -0.4 is 15.8 Å². The van der Waals surface area contributed by atoms with Crippen LogP contribution in [0, 0.1) is 0 Å². The molecule has 1 rings (SSSR count). The van der Waals surface area contributed by atoms with Crippen LogP contribution in [0.3, 0.4) is 0 Å². The van der Waals surface area contributed by atoms with Gasteiger partial charge in [0.2, 0.25) is 0 Å². The molecule has 5 heteroatoms. The first-order valence-corrected chi connectivity index (χ1v) is 5.83. The van der Waals surface area contributed by atoms with Gasteiger partial charge in [-0.2, -0.15) is 0 Å². The van der Waals surface area contributed by atoms with E-state index in [1.807, 2.05) is 6.92 Å². The fraction of sp³-hybridized carbons (Fsp3) is 0.417. The number of ether oxygens (including phenoxy) is 1.